The number of nitrogens with zero attached hydrogens (tertiary/aromatic N) is 3. The van der Waals surface area contributed by atoms with Crippen molar-refractivity contribution in [3.8, 4) is 11.8 Å². The number of allylic oxidation sites excluding steroid dienone is 1. The maximum absolute atomic E-state index is 14.3. The highest BCUT2D eigenvalue weighted by molar-refractivity contribution is 5.91. The van der Waals surface area contributed by atoms with Gasteiger partial charge >= 0.3 is 0 Å². The quantitative estimate of drug-likeness (QED) is 0.485. The normalized spacial score (nSPS) is 11.8. The number of hydrogen-bond donors (Lipinski definition) is 1. The van der Waals surface area contributed by atoms with Gasteiger partial charge in [0.05, 0.1) is 22.3 Å². The van der Waals surface area contributed by atoms with Gasteiger partial charge in [-0.2, -0.15) is 5.26 Å². The fourth-order valence-corrected chi connectivity index (χ4v) is 3.50. The molecule has 5 heteroatoms. The maximum atomic E-state index is 14.3. The highest BCUT2D eigenvalue weighted by Crippen LogP contribution is 2.26. The van der Waals surface area contributed by atoms with Crippen molar-refractivity contribution in [2.75, 3.05) is 0 Å². The van der Waals surface area contributed by atoms with E-state index < -0.39 is 0 Å². The molecule has 0 atom stereocenters. The smallest absolute Gasteiger partial charge is 0.149 e. The molecule has 0 saturated heterocycles. The lowest BCUT2D eigenvalue weighted by Crippen LogP contribution is -2.01. The number of aromatic nitrogens is 3. The number of aryl methyl sites for hydroxylation is 2. The molecular weight excluding hydrogens is 351 g/mol. The number of halogens is 1. The van der Waals surface area contributed by atoms with Crippen LogP contribution in [0, 0.1) is 37.9 Å². The number of benzene rings is 2. The number of fused-ring (bicyclic) bond motifs is 1. The molecule has 2 aromatic carbocycles. The molecule has 0 aliphatic rings. The molecule has 0 unspecified atom stereocenters. The van der Waals surface area contributed by atoms with Gasteiger partial charge in [-0.15, -0.1) is 0 Å². The fraction of sp³-hybridized carbons (Fsp3) is 0.130. The molecule has 2 aromatic heterocycles. The van der Waals surface area contributed by atoms with E-state index in [1.807, 2.05) is 55.7 Å². The van der Waals surface area contributed by atoms with Crippen LogP contribution in [0.25, 0.3) is 28.4 Å². The molecule has 0 radical (unpaired) electrons. The summed E-state index contributed by atoms with van der Waals surface area (Å²) >= 11 is 0. The van der Waals surface area contributed by atoms with Gasteiger partial charge < -0.3 is 9.55 Å². The molecule has 0 bridgehead atoms. The molecule has 0 fully saturated rings. The fourth-order valence-electron chi connectivity index (χ4n) is 3.50. The summed E-state index contributed by atoms with van der Waals surface area (Å²) in [7, 11) is 0. The zero-order valence-corrected chi connectivity index (χ0v) is 15.9. The zero-order valence-electron chi connectivity index (χ0n) is 15.9. The van der Waals surface area contributed by atoms with E-state index in [9.17, 15) is 9.65 Å². The number of hydrogen-bond acceptors (Lipinski definition) is 2. The summed E-state index contributed by atoms with van der Waals surface area (Å²) in [5.41, 5.74) is 6.38. The van der Waals surface area contributed by atoms with E-state index in [4.69, 9.17) is 0 Å². The van der Waals surface area contributed by atoms with E-state index >= 15 is 0 Å². The molecule has 1 N–H and O–H groups in total. The summed E-state index contributed by atoms with van der Waals surface area (Å²) in [6.45, 7) is 5.85. The molecule has 0 aliphatic heterocycles. The second kappa shape index (κ2) is 6.82. The van der Waals surface area contributed by atoms with Crippen molar-refractivity contribution in [3.05, 3.63) is 82.7 Å². The molecule has 28 heavy (non-hydrogen) atoms. The predicted molar refractivity (Wildman–Crippen MR) is 110 cm³/mol. The third-order valence-corrected chi connectivity index (χ3v) is 4.88. The molecule has 4 aromatic rings. The van der Waals surface area contributed by atoms with Crippen molar-refractivity contribution < 1.29 is 4.39 Å². The SMILES string of the molecule is Cc1ccc2nc(C(C#N)=Cc3cc(C)n(-c4ccccc4F)c3C)[nH]c2c1. The van der Waals surface area contributed by atoms with E-state index in [-0.39, 0.29) is 5.82 Å². The number of nitriles is 1. The second-order valence-electron chi connectivity index (χ2n) is 6.89. The summed E-state index contributed by atoms with van der Waals surface area (Å²) < 4.78 is 16.1. The van der Waals surface area contributed by atoms with Crippen LogP contribution in [0.15, 0.2) is 48.5 Å². The molecule has 0 spiro atoms. The summed E-state index contributed by atoms with van der Waals surface area (Å²) in [5.74, 6) is 0.242. The van der Waals surface area contributed by atoms with Gasteiger partial charge in [0, 0.05) is 11.4 Å². The standard InChI is InChI=1S/C23H19FN4/c1-14-8-9-20-21(10-14)27-23(26-20)18(13-25)12-17-11-15(2)28(16(17)3)22-7-5-4-6-19(22)24/h4-12H,1-3H3,(H,26,27). The van der Waals surface area contributed by atoms with Gasteiger partial charge in [0.2, 0.25) is 0 Å². The van der Waals surface area contributed by atoms with Gasteiger partial charge in [0.25, 0.3) is 0 Å². The van der Waals surface area contributed by atoms with Crippen molar-refractivity contribution in [3.63, 3.8) is 0 Å². The van der Waals surface area contributed by atoms with Gasteiger partial charge in [0.15, 0.2) is 0 Å². The molecule has 138 valence electrons. The monoisotopic (exact) mass is 370 g/mol. The Kier molecular flexibility index (Phi) is 4.32. The summed E-state index contributed by atoms with van der Waals surface area (Å²) in [4.78, 5) is 7.76. The molecule has 2 heterocycles. The Hall–Kier alpha value is -3.65. The van der Waals surface area contributed by atoms with Crippen molar-refractivity contribution in [2.45, 2.75) is 20.8 Å². The number of H-pyrrole nitrogens is 1. The largest absolute Gasteiger partial charge is 0.337 e. The highest BCUT2D eigenvalue weighted by atomic mass is 19.1. The second-order valence-corrected chi connectivity index (χ2v) is 6.89. The molecule has 0 aliphatic carbocycles. The first-order valence-corrected chi connectivity index (χ1v) is 9.00. The van der Waals surface area contributed by atoms with Crippen molar-refractivity contribution >= 4 is 22.7 Å². The van der Waals surface area contributed by atoms with Crippen LogP contribution in [0.4, 0.5) is 4.39 Å². The minimum atomic E-state index is -0.284. The van der Waals surface area contributed by atoms with Crippen LogP contribution in [0.3, 0.4) is 0 Å². The Morgan fingerprint density at radius 3 is 2.68 bits per heavy atom. The topological polar surface area (TPSA) is 57.4 Å². The molecule has 4 nitrogen and oxygen atoms in total. The van der Waals surface area contributed by atoms with Crippen LogP contribution in [0.5, 0.6) is 0 Å². The molecular formula is C23H19FN4. The van der Waals surface area contributed by atoms with Gasteiger partial charge in [-0.25, -0.2) is 9.37 Å². The van der Waals surface area contributed by atoms with Crippen molar-refractivity contribution in [1.82, 2.24) is 14.5 Å². The number of para-hydroxylation sites is 1. The Labute approximate surface area is 162 Å². The van der Waals surface area contributed by atoms with Crippen LogP contribution in [0.1, 0.15) is 28.3 Å². The summed E-state index contributed by atoms with van der Waals surface area (Å²) in [6.07, 6.45) is 1.80. The van der Waals surface area contributed by atoms with Crippen molar-refractivity contribution in [1.29, 1.82) is 5.26 Å². The first-order chi connectivity index (χ1) is 13.5. The van der Waals surface area contributed by atoms with E-state index in [0.717, 1.165) is 33.5 Å². The summed E-state index contributed by atoms with van der Waals surface area (Å²) in [6, 6.07) is 16.8. The van der Waals surface area contributed by atoms with Crippen LogP contribution >= 0.6 is 0 Å². The minimum absolute atomic E-state index is 0.284. The maximum Gasteiger partial charge on any atom is 0.149 e. The van der Waals surface area contributed by atoms with Gasteiger partial charge in [0.1, 0.15) is 17.7 Å². The zero-order chi connectivity index (χ0) is 19.8. The number of imidazole rings is 1. The Morgan fingerprint density at radius 1 is 1.14 bits per heavy atom. The molecule has 0 amide bonds. The first-order valence-electron chi connectivity index (χ1n) is 9.00. The third kappa shape index (κ3) is 2.99. The average molecular weight is 370 g/mol. The molecule has 0 saturated carbocycles. The van der Waals surface area contributed by atoms with Crippen LogP contribution in [0.2, 0.25) is 0 Å². The molecule has 4 rings (SSSR count). The van der Waals surface area contributed by atoms with E-state index in [2.05, 4.69) is 16.0 Å². The first kappa shape index (κ1) is 17.7. The van der Waals surface area contributed by atoms with Gasteiger partial charge in [-0.1, -0.05) is 18.2 Å². The van der Waals surface area contributed by atoms with Crippen molar-refractivity contribution in [2.24, 2.45) is 0 Å². The van der Waals surface area contributed by atoms with Crippen LogP contribution in [-0.2, 0) is 0 Å². The Balaban J connectivity index is 1.82. The Bertz CT molecular complexity index is 1270. The average Bonchev–Trinajstić information content (AvgIpc) is 3.20. The van der Waals surface area contributed by atoms with E-state index in [0.29, 0.717) is 17.1 Å². The lowest BCUT2D eigenvalue weighted by Gasteiger charge is -2.10. The lowest BCUT2D eigenvalue weighted by molar-refractivity contribution is 0.616. The third-order valence-electron chi connectivity index (χ3n) is 4.88. The van der Waals surface area contributed by atoms with E-state index in [1.165, 1.54) is 6.07 Å². The number of rotatable bonds is 3. The van der Waals surface area contributed by atoms with E-state index in [1.54, 1.807) is 18.2 Å². The number of nitrogens with one attached hydrogen (secondary N) is 1. The van der Waals surface area contributed by atoms with Crippen LogP contribution in [-0.4, -0.2) is 14.5 Å². The minimum Gasteiger partial charge on any atom is -0.337 e. The van der Waals surface area contributed by atoms with Crippen LogP contribution < -0.4 is 0 Å². The summed E-state index contributed by atoms with van der Waals surface area (Å²) in [5, 5.41) is 9.70. The predicted octanol–water partition coefficient (Wildman–Crippen LogP) is 5.48. The Morgan fingerprint density at radius 2 is 1.93 bits per heavy atom. The van der Waals surface area contributed by atoms with Gasteiger partial charge in [-0.05, 0) is 68.3 Å². The number of aromatic amines is 1. The highest BCUT2D eigenvalue weighted by Gasteiger charge is 2.14. The lowest BCUT2D eigenvalue weighted by atomic mass is 10.1. The van der Waals surface area contributed by atoms with Gasteiger partial charge in [-0.3, -0.25) is 0 Å².